The lowest BCUT2D eigenvalue weighted by Crippen LogP contribution is -2.24. The second kappa shape index (κ2) is 6.11. The van der Waals surface area contributed by atoms with Crippen LogP contribution in [0.5, 0.6) is 0 Å². The summed E-state index contributed by atoms with van der Waals surface area (Å²) >= 11 is 0. The molecule has 1 N–H and O–H groups in total. The quantitative estimate of drug-likeness (QED) is 0.909. The standard InChI is InChI=1S/C14H17F2N3O/c1-18(7-10-6-17-19(2)8-10)9-13(20)11-4-3-5-12(15)14(11)16/h3-6,8,13,20H,7,9H2,1-2H3. The molecule has 0 fully saturated rings. The van der Waals surface area contributed by atoms with Crippen LogP contribution in [0.2, 0.25) is 0 Å². The van der Waals surface area contributed by atoms with E-state index in [4.69, 9.17) is 0 Å². The monoisotopic (exact) mass is 281 g/mol. The molecule has 0 bridgehead atoms. The van der Waals surface area contributed by atoms with Crippen LogP contribution in [0.1, 0.15) is 17.2 Å². The normalized spacial score (nSPS) is 12.9. The molecule has 6 heteroatoms. The fourth-order valence-corrected chi connectivity index (χ4v) is 2.10. The highest BCUT2D eigenvalue weighted by Crippen LogP contribution is 2.20. The summed E-state index contributed by atoms with van der Waals surface area (Å²) in [7, 11) is 3.62. The van der Waals surface area contributed by atoms with E-state index in [1.54, 1.807) is 17.9 Å². The smallest absolute Gasteiger partial charge is 0.164 e. The number of hydrogen-bond donors (Lipinski definition) is 1. The van der Waals surface area contributed by atoms with Crippen LogP contribution in [0.15, 0.2) is 30.6 Å². The summed E-state index contributed by atoms with van der Waals surface area (Å²) in [5.41, 5.74) is 0.963. The van der Waals surface area contributed by atoms with Gasteiger partial charge in [-0.1, -0.05) is 12.1 Å². The molecule has 1 aromatic carbocycles. The van der Waals surface area contributed by atoms with E-state index < -0.39 is 17.7 Å². The molecule has 1 unspecified atom stereocenters. The first-order valence-electron chi connectivity index (χ1n) is 6.25. The molecular weight excluding hydrogens is 264 g/mol. The van der Waals surface area contributed by atoms with Crippen LogP contribution in [-0.4, -0.2) is 33.4 Å². The molecule has 0 aliphatic rings. The van der Waals surface area contributed by atoms with Gasteiger partial charge < -0.3 is 5.11 Å². The Labute approximate surface area is 116 Å². The molecule has 0 aliphatic carbocycles. The van der Waals surface area contributed by atoms with Crippen molar-refractivity contribution in [2.24, 2.45) is 7.05 Å². The number of benzene rings is 1. The first-order valence-corrected chi connectivity index (χ1v) is 6.25. The number of nitrogens with zero attached hydrogens (tertiary/aromatic N) is 3. The number of halogens is 2. The van der Waals surface area contributed by atoms with E-state index in [0.29, 0.717) is 6.54 Å². The average molecular weight is 281 g/mol. The second-order valence-electron chi connectivity index (χ2n) is 4.88. The summed E-state index contributed by atoms with van der Waals surface area (Å²) in [5.74, 6) is -1.94. The highest BCUT2D eigenvalue weighted by molar-refractivity contribution is 5.21. The molecule has 1 heterocycles. The zero-order chi connectivity index (χ0) is 14.7. The van der Waals surface area contributed by atoms with Crippen LogP contribution in [0, 0.1) is 11.6 Å². The van der Waals surface area contributed by atoms with Crippen LogP contribution < -0.4 is 0 Å². The number of rotatable bonds is 5. The Balaban J connectivity index is 2.00. The SMILES string of the molecule is CN(Cc1cnn(C)c1)CC(O)c1cccc(F)c1F. The number of likely N-dealkylation sites (N-methyl/N-ethyl adjacent to an activating group) is 1. The van der Waals surface area contributed by atoms with Crippen molar-refractivity contribution < 1.29 is 13.9 Å². The largest absolute Gasteiger partial charge is 0.387 e. The predicted molar refractivity (Wildman–Crippen MR) is 70.9 cm³/mol. The number of aliphatic hydroxyl groups is 1. The maximum absolute atomic E-state index is 13.6. The summed E-state index contributed by atoms with van der Waals surface area (Å²) in [5, 5.41) is 14.1. The van der Waals surface area contributed by atoms with Gasteiger partial charge in [0.2, 0.25) is 0 Å². The van der Waals surface area contributed by atoms with E-state index >= 15 is 0 Å². The molecule has 0 aliphatic heterocycles. The molecular formula is C14H17F2N3O. The van der Waals surface area contributed by atoms with Gasteiger partial charge in [0.25, 0.3) is 0 Å². The topological polar surface area (TPSA) is 41.3 Å². The molecule has 2 rings (SSSR count). The Kier molecular flexibility index (Phi) is 4.46. The Morgan fingerprint density at radius 1 is 1.40 bits per heavy atom. The predicted octanol–water partition coefficient (Wildman–Crippen LogP) is 1.86. The molecule has 0 radical (unpaired) electrons. The van der Waals surface area contributed by atoms with Gasteiger partial charge in [0, 0.05) is 37.5 Å². The van der Waals surface area contributed by atoms with E-state index in [1.165, 1.54) is 12.1 Å². The van der Waals surface area contributed by atoms with Crippen LogP contribution in [-0.2, 0) is 13.6 Å². The van der Waals surface area contributed by atoms with E-state index in [1.807, 2.05) is 18.1 Å². The van der Waals surface area contributed by atoms with Gasteiger partial charge in [-0.05, 0) is 13.1 Å². The zero-order valence-electron chi connectivity index (χ0n) is 11.4. The maximum Gasteiger partial charge on any atom is 0.164 e. The minimum absolute atomic E-state index is 0.0250. The van der Waals surface area contributed by atoms with E-state index in [9.17, 15) is 13.9 Å². The van der Waals surface area contributed by atoms with Crippen LogP contribution in [0.4, 0.5) is 8.78 Å². The minimum atomic E-state index is -1.08. The van der Waals surface area contributed by atoms with Crippen molar-refractivity contribution in [1.82, 2.24) is 14.7 Å². The summed E-state index contributed by atoms with van der Waals surface area (Å²) in [6, 6.07) is 3.81. The van der Waals surface area contributed by atoms with Gasteiger partial charge in [0.05, 0.1) is 12.3 Å². The third-order valence-corrected chi connectivity index (χ3v) is 3.04. The minimum Gasteiger partial charge on any atom is -0.387 e. The third-order valence-electron chi connectivity index (χ3n) is 3.04. The summed E-state index contributed by atoms with van der Waals surface area (Å²) in [6.45, 7) is 0.775. The van der Waals surface area contributed by atoms with Gasteiger partial charge in [-0.15, -0.1) is 0 Å². The molecule has 0 saturated heterocycles. The number of aliphatic hydroxyl groups excluding tert-OH is 1. The first kappa shape index (κ1) is 14.6. The Hall–Kier alpha value is -1.79. The van der Waals surface area contributed by atoms with Crippen molar-refractivity contribution in [3.05, 3.63) is 53.4 Å². The molecule has 0 amide bonds. The zero-order valence-corrected chi connectivity index (χ0v) is 11.4. The molecule has 20 heavy (non-hydrogen) atoms. The molecule has 0 spiro atoms. The Morgan fingerprint density at radius 2 is 2.15 bits per heavy atom. The third kappa shape index (κ3) is 3.40. The van der Waals surface area contributed by atoms with Crippen LogP contribution in [0.25, 0.3) is 0 Å². The summed E-state index contributed by atoms with van der Waals surface area (Å²) < 4.78 is 28.4. The van der Waals surface area contributed by atoms with Gasteiger partial charge in [-0.3, -0.25) is 9.58 Å². The van der Waals surface area contributed by atoms with Gasteiger partial charge in [0.15, 0.2) is 11.6 Å². The van der Waals surface area contributed by atoms with Crippen molar-refractivity contribution in [3.63, 3.8) is 0 Å². The average Bonchev–Trinajstić information content (AvgIpc) is 2.77. The Morgan fingerprint density at radius 3 is 2.80 bits per heavy atom. The Bertz CT molecular complexity index is 586. The fraction of sp³-hybridized carbons (Fsp3) is 0.357. The highest BCUT2D eigenvalue weighted by atomic mass is 19.2. The lowest BCUT2D eigenvalue weighted by molar-refractivity contribution is 0.119. The maximum atomic E-state index is 13.6. The van der Waals surface area contributed by atoms with Gasteiger partial charge in [-0.25, -0.2) is 8.78 Å². The van der Waals surface area contributed by atoms with Crippen molar-refractivity contribution in [1.29, 1.82) is 0 Å². The van der Waals surface area contributed by atoms with Crippen molar-refractivity contribution in [3.8, 4) is 0 Å². The first-order chi connectivity index (χ1) is 9.47. The highest BCUT2D eigenvalue weighted by Gasteiger charge is 2.17. The summed E-state index contributed by atoms with van der Waals surface area (Å²) in [4.78, 5) is 1.83. The molecule has 4 nitrogen and oxygen atoms in total. The molecule has 1 atom stereocenters. The van der Waals surface area contributed by atoms with Gasteiger partial charge >= 0.3 is 0 Å². The van der Waals surface area contributed by atoms with Crippen LogP contribution >= 0.6 is 0 Å². The number of aryl methyl sites for hydroxylation is 1. The molecule has 1 aromatic heterocycles. The van der Waals surface area contributed by atoms with Crippen molar-refractivity contribution >= 4 is 0 Å². The summed E-state index contributed by atoms with van der Waals surface area (Å²) in [6.07, 6.45) is 2.52. The molecule has 2 aromatic rings. The van der Waals surface area contributed by atoms with Crippen molar-refractivity contribution in [2.45, 2.75) is 12.6 Å². The molecule has 108 valence electrons. The van der Waals surface area contributed by atoms with Crippen LogP contribution in [0.3, 0.4) is 0 Å². The van der Waals surface area contributed by atoms with Crippen molar-refractivity contribution in [2.75, 3.05) is 13.6 Å². The van der Waals surface area contributed by atoms with E-state index in [-0.39, 0.29) is 12.1 Å². The van der Waals surface area contributed by atoms with E-state index in [0.717, 1.165) is 11.6 Å². The lowest BCUT2D eigenvalue weighted by atomic mass is 10.1. The second-order valence-corrected chi connectivity index (χ2v) is 4.88. The fourth-order valence-electron chi connectivity index (χ4n) is 2.10. The van der Waals surface area contributed by atoms with Gasteiger partial charge in [-0.2, -0.15) is 5.10 Å². The number of aromatic nitrogens is 2. The number of hydrogen-bond acceptors (Lipinski definition) is 3. The molecule has 0 saturated carbocycles. The van der Waals surface area contributed by atoms with E-state index in [2.05, 4.69) is 5.10 Å². The lowest BCUT2D eigenvalue weighted by Gasteiger charge is -2.20. The van der Waals surface area contributed by atoms with Gasteiger partial charge in [0.1, 0.15) is 0 Å².